The third-order valence-electron chi connectivity index (χ3n) is 4.92. The maximum Gasteiger partial charge on any atom is 0.253 e. The maximum absolute atomic E-state index is 12.7. The number of aryl methyl sites for hydroxylation is 1. The summed E-state index contributed by atoms with van der Waals surface area (Å²) in [4.78, 5) is 14.6. The highest BCUT2D eigenvalue weighted by molar-refractivity contribution is 5.95. The van der Waals surface area contributed by atoms with Gasteiger partial charge < -0.3 is 10.2 Å². The van der Waals surface area contributed by atoms with Crippen LogP contribution in [0.5, 0.6) is 0 Å². The van der Waals surface area contributed by atoms with Gasteiger partial charge in [0, 0.05) is 31.4 Å². The highest BCUT2D eigenvalue weighted by Gasteiger charge is 2.30. The SMILES string of the molecule is CNc1ccc(C(=O)N(C)C2CCC(C)(C)CC2)cc1C. The van der Waals surface area contributed by atoms with E-state index < -0.39 is 0 Å². The van der Waals surface area contributed by atoms with E-state index in [4.69, 9.17) is 0 Å². The van der Waals surface area contributed by atoms with Crippen molar-refractivity contribution >= 4 is 11.6 Å². The van der Waals surface area contributed by atoms with Crippen LogP contribution in [0.2, 0.25) is 0 Å². The summed E-state index contributed by atoms with van der Waals surface area (Å²) in [6.45, 7) is 6.68. The van der Waals surface area contributed by atoms with E-state index >= 15 is 0 Å². The number of benzene rings is 1. The Kier molecular flexibility index (Phi) is 4.60. The summed E-state index contributed by atoms with van der Waals surface area (Å²) in [6.07, 6.45) is 4.63. The summed E-state index contributed by atoms with van der Waals surface area (Å²) in [6, 6.07) is 6.28. The van der Waals surface area contributed by atoms with E-state index in [1.807, 2.05) is 44.1 Å². The van der Waals surface area contributed by atoms with E-state index in [0.29, 0.717) is 11.5 Å². The van der Waals surface area contributed by atoms with Gasteiger partial charge >= 0.3 is 0 Å². The van der Waals surface area contributed by atoms with Gasteiger partial charge in [-0.25, -0.2) is 0 Å². The quantitative estimate of drug-likeness (QED) is 0.909. The van der Waals surface area contributed by atoms with Crippen molar-refractivity contribution in [2.24, 2.45) is 5.41 Å². The van der Waals surface area contributed by atoms with Crippen LogP contribution in [0.15, 0.2) is 18.2 Å². The Morgan fingerprint density at radius 3 is 2.43 bits per heavy atom. The van der Waals surface area contributed by atoms with Crippen molar-refractivity contribution in [2.75, 3.05) is 19.4 Å². The summed E-state index contributed by atoms with van der Waals surface area (Å²) < 4.78 is 0. The van der Waals surface area contributed by atoms with Crippen LogP contribution in [-0.2, 0) is 0 Å². The highest BCUT2D eigenvalue weighted by atomic mass is 16.2. The molecule has 0 spiro atoms. The number of rotatable bonds is 3. The smallest absolute Gasteiger partial charge is 0.253 e. The molecule has 3 nitrogen and oxygen atoms in total. The fourth-order valence-corrected chi connectivity index (χ4v) is 3.22. The molecule has 0 heterocycles. The van der Waals surface area contributed by atoms with E-state index in [-0.39, 0.29) is 5.91 Å². The molecule has 2 rings (SSSR count). The summed E-state index contributed by atoms with van der Waals surface area (Å²) in [5, 5.41) is 3.14. The minimum absolute atomic E-state index is 0.144. The number of hydrogen-bond acceptors (Lipinski definition) is 2. The zero-order valence-corrected chi connectivity index (χ0v) is 14.0. The number of hydrogen-bond donors (Lipinski definition) is 1. The molecule has 1 aliphatic rings. The normalized spacial score (nSPS) is 18.3. The molecule has 1 saturated carbocycles. The molecule has 0 radical (unpaired) electrons. The number of nitrogens with one attached hydrogen (secondary N) is 1. The number of amides is 1. The molecule has 0 atom stereocenters. The monoisotopic (exact) mass is 288 g/mol. The molecular formula is C18H28N2O. The Morgan fingerprint density at radius 2 is 1.90 bits per heavy atom. The van der Waals surface area contributed by atoms with Crippen molar-refractivity contribution in [3.05, 3.63) is 29.3 Å². The number of anilines is 1. The molecule has 1 aromatic rings. The van der Waals surface area contributed by atoms with Crippen molar-refractivity contribution in [2.45, 2.75) is 52.5 Å². The molecule has 0 aromatic heterocycles. The molecule has 116 valence electrons. The second-order valence-electron chi connectivity index (χ2n) is 7.09. The number of nitrogens with zero attached hydrogens (tertiary/aromatic N) is 1. The molecule has 0 bridgehead atoms. The van der Waals surface area contributed by atoms with Crippen LogP contribution < -0.4 is 5.32 Å². The van der Waals surface area contributed by atoms with Crippen LogP contribution in [0.1, 0.15) is 55.5 Å². The van der Waals surface area contributed by atoms with Crippen LogP contribution >= 0.6 is 0 Å². The summed E-state index contributed by atoms with van der Waals surface area (Å²) in [5.74, 6) is 0.144. The predicted molar refractivity (Wildman–Crippen MR) is 88.9 cm³/mol. The highest BCUT2D eigenvalue weighted by Crippen LogP contribution is 2.36. The van der Waals surface area contributed by atoms with Crippen LogP contribution in [-0.4, -0.2) is 30.9 Å². The molecule has 1 fully saturated rings. The summed E-state index contributed by atoms with van der Waals surface area (Å²) in [7, 11) is 3.85. The lowest BCUT2D eigenvalue weighted by atomic mass is 9.75. The average Bonchev–Trinajstić information content (AvgIpc) is 2.45. The largest absolute Gasteiger partial charge is 0.388 e. The van der Waals surface area contributed by atoms with Gasteiger partial charge in [0.15, 0.2) is 0 Å². The van der Waals surface area contributed by atoms with Gasteiger partial charge in [0.2, 0.25) is 0 Å². The van der Waals surface area contributed by atoms with E-state index in [1.165, 1.54) is 12.8 Å². The fraction of sp³-hybridized carbons (Fsp3) is 0.611. The van der Waals surface area contributed by atoms with Crippen molar-refractivity contribution < 1.29 is 4.79 Å². The van der Waals surface area contributed by atoms with Gasteiger partial charge in [-0.2, -0.15) is 0 Å². The standard InChI is InChI=1S/C18H28N2O/c1-13-12-14(6-7-16(13)19-4)17(21)20(5)15-8-10-18(2,3)11-9-15/h6-7,12,15,19H,8-11H2,1-5H3. The van der Waals surface area contributed by atoms with Crippen LogP contribution in [0.25, 0.3) is 0 Å². The van der Waals surface area contributed by atoms with Gasteiger partial charge in [-0.05, 0) is 61.8 Å². The first-order valence-electron chi connectivity index (χ1n) is 7.89. The molecule has 21 heavy (non-hydrogen) atoms. The van der Waals surface area contributed by atoms with Crippen LogP contribution in [0, 0.1) is 12.3 Å². The molecule has 1 N–H and O–H groups in total. The molecule has 1 aliphatic carbocycles. The second kappa shape index (κ2) is 6.08. The van der Waals surface area contributed by atoms with Gasteiger partial charge in [0.05, 0.1) is 0 Å². The average molecular weight is 288 g/mol. The van der Waals surface area contributed by atoms with E-state index in [9.17, 15) is 4.79 Å². The van der Waals surface area contributed by atoms with Crippen molar-refractivity contribution in [1.82, 2.24) is 4.90 Å². The lowest BCUT2D eigenvalue weighted by Gasteiger charge is -2.38. The molecule has 0 saturated heterocycles. The van der Waals surface area contributed by atoms with E-state index in [1.54, 1.807) is 0 Å². The third-order valence-corrected chi connectivity index (χ3v) is 4.92. The van der Waals surface area contributed by atoms with Crippen molar-refractivity contribution in [1.29, 1.82) is 0 Å². The van der Waals surface area contributed by atoms with Gasteiger partial charge in [0.1, 0.15) is 0 Å². The Bertz CT molecular complexity index is 512. The lowest BCUT2D eigenvalue weighted by Crippen LogP contribution is -2.40. The Morgan fingerprint density at radius 1 is 1.29 bits per heavy atom. The van der Waals surface area contributed by atoms with E-state index in [2.05, 4.69) is 19.2 Å². The van der Waals surface area contributed by atoms with Gasteiger partial charge in [-0.3, -0.25) is 4.79 Å². The first-order valence-corrected chi connectivity index (χ1v) is 7.89. The van der Waals surface area contributed by atoms with Crippen LogP contribution in [0.3, 0.4) is 0 Å². The Balaban J connectivity index is 2.07. The number of carbonyl (C=O) groups excluding carboxylic acids is 1. The molecule has 3 heteroatoms. The first-order chi connectivity index (χ1) is 9.84. The van der Waals surface area contributed by atoms with Gasteiger partial charge in [-0.15, -0.1) is 0 Å². The van der Waals surface area contributed by atoms with Gasteiger partial charge in [-0.1, -0.05) is 13.8 Å². The van der Waals surface area contributed by atoms with Crippen molar-refractivity contribution in [3.8, 4) is 0 Å². The van der Waals surface area contributed by atoms with Crippen LogP contribution in [0.4, 0.5) is 5.69 Å². The minimum Gasteiger partial charge on any atom is -0.388 e. The Labute approximate surface area is 128 Å². The van der Waals surface area contributed by atoms with Gasteiger partial charge in [0.25, 0.3) is 5.91 Å². The maximum atomic E-state index is 12.7. The second-order valence-corrected chi connectivity index (χ2v) is 7.09. The molecule has 0 aliphatic heterocycles. The topological polar surface area (TPSA) is 32.3 Å². The summed E-state index contributed by atoms with van der Waals surface area (Å²) >= 11 is 0. The lowest BCUT2D eigenvalue weighted by molar-refractivity contribution is 0.0635. The zero-order valence-electron chi connectivity index (χ0n) is 14.0. The van der Waals surface area contributed by atoms with E-state index in [0.717, 1.165) is 29.7 Å². The third kappa shape index (κ3) is 3.58. The molecule has 1 amide bonds. The number of carbonyl (C=O) groups is 1. The molecular weight excluding hydrogens is 260 g/mol. The molecule has 1 aromatic carbocycles. The predicted octanol–water partition coefficient (Wildman–Crippen LogP) is 4.08. The van der Waals surface area contributed by atoms with Crippen molar-refractivity contribution in [3.63, 3.8) is 0 Å². The fourth-order valence-electron chi connectivity index (χ4n) is 3.22. The minimum atomic E-state index is 0.144. The first kappa shape index (κ1) is 15.9. The summed E-state index contributed by atoms with van der Waals surface area (Å²) in [5.41, 5.74) is 3.42. The zero-order chi connectivity index (χ0) is 15.6. The molecule has 0 unspecified atom stereocenters. The Hall–Kier alpha value is -1.51.